The molecule has 0 aromatic heterocycles. The molecule has 0 saturated carbocycles. The van der Waals surface area contributed by atoms with E-state index in [1.54, 1.807) is 0 Å². The molecule has 2 fully saturated rings. The molecule has 0 aromatic rings. The average Bonchev–Trinajstić information content (AvgIpc) is 2.46. The standard InChI is InChI=1S/C11H19O10/c12-3-1-19-11(9(17)5(3)13)20-2-4-6(14)7(15)8(16)10(18)21-4/h3-17H,1-2H2/q-1/t3-,4-,5+,6-,7+,8-,9-,10-,11+/m1/s1. The van der Waals surface area contributed by atoms with Gasteiger partial charge < -0.3 is 50.0 Å². The highest BCUT2D eigenvalue weighted by Gasteiger charge is 2.42. The molecule has 0 unspecified atom stereocenters. The van der Waals surface area contributed by atoms with Crippen LogP contribution in [0.1, 0.15) is 0 Å². The summed E-state index contributed by atoms with van der Waals surface area (Å²) in [4.78, 5) is 0. The lowest BCUT2D eigenvalue weighted by atomic mass is 9.99. The minimum atomic E-state index is -1.94. The minimum Gasteiger partial charge on any atom is -0.829 e. The fourth-order valence-corrected chi connectivity index (χ4v) is 2.17. The van der Waals surface area contributed by atoms with Crippen LogP contribution >= 0.6 is 0 Å². The molecule has 0 spiro atoms. The Bertz CT molecular complexity index is 341. The van der Waals surface area contributed by atoms with E-state index in [0.717, 1.165) is 0 Å². The Morgan fingerprint density at radius 2 is 1.57 bits per heavy atom. The van der Waals surface area contributed by atoms with E-state index in [-0.39, 0.29) is 6.61 Å². The van der Waals surface area contributed by atoms with Gasteiger partial charge in [-0.1, -0.05) is 0 Å². The van der Waals surface area contributed by atoms with Gasteiger partial charge in [-0.05, 0) is 0 Å². The molecule has 0 aromatic carbocycles. The summed E-state index contributed by atoms with van der Waals surface area (Å²) in [7, 11) is 0. The lowest BCUT2D eigenvalue weighted by Gasteiger charge is -2.44. The molecule has 10 heteroatoms. The van der Waals surface area contributed by atoms with Crippen LogP contribution in [0.3, 0.4) is 0 Å². The molecule has 9 atom stereocenters. The zero-order chi connectivity index (χ0) is 15.7. The van der Waals surface area contributed by atoms with Gasteiger partial charge in [-0.2, -0.15) is 0 Å². The van der Waals surface area contributed by atoms with Crippen molar-refractivity contribution in [1.82, 2.24) is 0 Å². The number of hydrogen-bond acceptors (Lipinski definition) is 10. The predicted molar refractivity (Wildman–Crippen MR) is 60.4 cm³/mol. The molecule has 10 nitrogen and oxygen atoms in total. The van der Waals surface area contributed by atoms with Gasteiger partial charge in [0.2, 0.25) is 0 Å². The summed E-state index contributed by atoms with van der Waals surface area (Å²) in [6.45, 7) is -0.684. The van der Waals surface area contributed by atoms with Crippen molar-refractivity contribution in [3.05, 3.63) is 0 Å². The van der Waals surface area contributed by atoms with Crippen LogP contribution in [0.15, 0.2) is 0 Å². The third-order valence-electron chi connectivity index (χ3n) is 3.55. The van der Waals surface area contributed by atoms with E-state index in [0.29, 0.717) is 0 Å². The molecule has 0 amide bonds. The summed E-state index contributed by atoms with van der Waals surface area (Å²) in [5.74, 6) is 0. The lowest BCUT2D eigenvalue weighted by Crippen LogP contribution is -2.63. The van der Waals surface area contributed by atoms with Gasteiger partial charge in [-0.3, -0.25) is 0 Å². The number of aliphatic hydroxyl groups is 6. The Morgan fingerprint density at radius 1 is 0.905 bits per heavy atom. The summed E-state index contributed by atoms with van der Waals surface area (Å²) in [6, 6.07) is 0. The Balaban J connectivity index is 1.88. The molecule has 2 heterocycles. The molecule has 21 heavy (non-hydrogen) atoms. The second-order valence-corrected chi connectivity index (χ2v) is 5.10. The van der Waals surface area contributed by atoms with E-state index < -0.39 is 61.9 Å². The first-order valence-corrected chi connectivity index (χ1v) is 6.45. The summed E-state index contributed by atoms with van der Waals surface area (Å²) in [5, 5.41) is 68.0. The Hall–Kier alpha value is -0.400. The van der Waals surface area contributed by atoms with Gasteiger partial charge in [0.05, 0.1) is 19.3 Å². The third kappa shape index (κ3) is 3.51. The maximum atomic E-state index is 11.3. The molecular formula is C11H19O10-. The number of rotatable bonds is 3. The summed E-state index contributed by atoms with van der Waals surface area (Å²) in [6.07, 6.45) is -13.7. The molecule has 2 aliphatic rings. The molecule has 2 saturated heterocycles. The van der Waals surface area contributed by atoms with Crippen molar-refractivity contribution in [1.29, 1.82) is 0 Å². The van der Waals surface area contributed by atoms with E-state index in [9.17, 15) is 35.7 Å². The molecule has 2 aliphatic heterocycles. The van der Waals surface area contributed by atoms with Gasteiger partial charge in [-0.15, -0.1) is 0 Å². The smallest absolute Gasteiger partial charge is 0.186 e. The van der Waals surface area contributed by atoms with Gasteiger partial charge in [0.15, 0.2) is 6.29 Å². The van der Waals surface area contributed by atoms with E-state index in [1.807, 2.05) is 0 Å². The van der Waals surface area contributed by atoms with Crippen molar-refractivity contribution >= 4 is 0 Å². The van der Waals surface area contributed by atoms with Crippen molar-refractivity contribution < 1.29 is 50.0 Å². The van der Waals surface area contributed by atoms with Crippen LogP contribution in [-0.4, -0.2) is 99.2 Å². The van der Waals surface area contributed by atoms with Gasteiger partial charge in [0.1, 0.15) is 36.6 Å². The maximum absolute atomic E-state index is 11.3. The first kappa shape index (κ1) is 17.0. The normalized spacial score (nSPS) is 51.9. The topological polar surface area (TPSA) is 172 Å². The highest BCUT2D eigenvalue weighted by atomic mass is 16.7. The van der Waals surface area contributed by atoms with Gasteiger partial charge in [-0.25, -0.2) is 0 Å². The molecule has 0 bridgehead atoms. The molecular weight excluding hydrogens is 292 g/mol. The van der Waals surface area contributed by atoms with Crippen LogP contribution < -0.4 is 5.11 Å². The lowest BCUT2D eigenvalue weighted by molar-refractivity contribution is -0.533. The summed E-state index contributed by atoms with van der Waals surface area (Å²) < 4.78 is 14.8. The highest BCUT2D eigenvalue weighted by Crippen LogP contribution is 2.21. The molecule has 2 rings (SSSR count). The second-order valence-electron chi connectivity index (χ2n) is 5.10. The SMILES string of the molecule is [O-][C@@H]1O[C@H](CO[C@@H]2OC[C@@H](O)[C@H](O)[C@H]2O)[C@@H](O)[C@H](O)[C@H]1O. The van der Waals surface area contributed by atoms with Crippen molar-refractivity contribution in [2.75, 3.05) is 13.2 Å². The largest absolute Gasteiger partial charge is 0.829 e. The number of ether oxygens (including phenoxy) is 3. The molecule has 0 aliphatic carbocycles. The van der Waals surface area contributed by atoms with E-state index in [4.69, 9.17) is 14.2 Å². The van der Waals surface area contributed by atoms with Crippen LogP contribution in [0.2, 0.25) is 0 Å². The third-order valence-corrected chi connectivity index (χ3v) is 3.55. The van der Waals surface area contributed by atoms with Crippen molar-refractivity contribution in [3.8, 4) is 0 Å². The number of aliphatic hydroxyl groups excluding tert-OH is 6. The predicted octanol–water partition coefficient (Wildman–Crippen LogP) is -5.39. The monoisotopic (exact) mass is 311 g/mol. The summed E-state index contributed by atoms with van der Waals surface area (Å²) in [5.41, 5.74) is 0. The van der Waals surface area contributed by atoms with Crippen LogP contribution in [0.4, 0.5) is 0 Å². The maximum Gasteiger partial charge on any atom is 0.186 e. The zero-order valence-corrected chi connectivity index (χ0v) is 10.9. The van der Waals surface area contributed by atoms with Crippen molar-refractivity contribution in [2.45, 2.75) is 55.3 Å². The second kappa shape index (κ2) is 6.79. The van der Waals surface area contributed by atoms with Crippen molar-refractivity contribution in [2.24, 2.45) is 0 Å². The van der Waals surface area contributed by atoms with Crippen LogP contribution in [0, 0.1) is 0 Å². The van der Waals surface area contributed by atoms with Gasteiger partial charge in [0, 0.05) is 6.29 Å². The Labute approximate surface area is 119 Å². The van der Waals surface area contributed by atoms with E-state index >= 15 is 0 Å². The first-order valence-electron chi connectivity index (χ1n) is 6.45. The Kier molecular flexibility index (Phi) is 5.48. The van der Waals surface area contributed by atoms with Crippen LogP contribution in [0.25, 0.3) is 0 Å². The average molecular weight is 311 g/mol. The minimum absolute atomic E-state index is 0.261. The number of hydrogen-bond donors (Lipinski definition) is 6. The first-order chi connectivity index (χ1) is 9.82. The van der Waals surface area contributed by atoms with Crippen molar-refractivity contribution in [3.63, 3.8) is 0 Å². The zero-order valence-electron chi connectivity index (χ0n) is 10.9. The highest BCUT2D eigenvalue weighted by molar-refractivity contribution is 4.89. The fourth-order valence-electron chi connectivity index (χ4n) is 2.17. The van der Waals surface area contributed by atoms with Gasteiger partial charge in [0.25, 0.3) is 0 Å². The quantitative estimate of drug-likeness (QED) is 0.295. The fraction of sp³-hybridized carbons (Fsp3) is 1.00. The van der Waals surface area contributed by atoms with E-state index in [2.05, 4.69) is 0 Å². The summed E-state index contributed by atoms with van der Waals surface area (Å²) >= 11 is 0. The molecule has 6 N–H and O–H groups in total. The van der Waals surface area contributed by atoms with E-state index in [1.165, 1.54) is 0 Å². The Morgan fingerprint density at radius 3 is 2.24 bits per heavy atom. The van der Waals surface area contributed by atoms with Crippen LogP contribution in [0.5, 0.6) is 0 Å². The molecule has 0 radical (unpaired) electrons. The van der Waals surface area contributed by atoms with Gasteiger partial charge >= 0.3 is 0 Å². The molecule has 124 valence electrons. The van der Waals surface area contributed by atoms with Crippen LogP contribution in [-0.2, 0) is 14.2 Å².